The Balaban J connectivity index is 1.65. The number of rotatable bonds is 2. The lowest BCUT2D eigenvalue weighted by atomic mass is 9.94. The maximum Gasteiger partial charge on any atom is 0.407 e. The summed E-state index contributed by atoms with van der Waals surface area (Å²) in [7, 11) is 0. The first-order valence-corrected chi connectivity index (χ1v) is 10.3. The van der Waals surface area contributed by atoms with Crippen molar-refractivity contribution in [2.75, 3.05) is 19.6 Å². The zero-order valence-corrected chi connectivity index (χ0v) is 16.7. The van der Waals surface area contributed by atoms with Crippen LogP contribution in [-0.2, 0) is 12.8 Å². The average Bonchev–Trinajstić information content (AvgIpc) is 2.72. The molecule has 2 amide bonds. The smallest absolute Gasteiger partial charge is 0.407 e. The van der Waals surface area contributed by atoms with Gasteiger partial charge in [-0.1, -0.05) is 24.6 Å². The molecular weight excluding hydrogens is 378 g/mol. The first-order chi connectivity index (χ1) is 13.5. The molecule has 1 aromatic carbocycles. The molecule has 1 aromatic heterocycles. The van der Waals surface area contributed by atoms with Crippen LogP contribution in [0.1, 0.15) is 47.8 Å². The summed E-state index contributed by atoms with van der Waals surface area (Å²) in [5.41, 5.74) is 3.54. The minimum Gasteiger partial charge on any atom is -0.465 e. The molecule has 2 aliphatic rings. The fraction of sp³-hybridized carbons (Fsp3) is 0.476. The second kappa shape index (κ2) is 7.59. The molecule has 0 bridgehead atoms. The molecule has 1 aliphatic heterocycles. The molecule has 1 aliphatic carbocycles. The van der Waals surface area contributed by atoms with Crippen LogP contribution >= 0.6 is 11.6 Å². The summed E-state index contributed by atoms with van der Waals surface area (Å²) in [5.74, 6) is -0.0746. The van der Waals surface area contributed by atoms with E-state index in [-0.39, 0.29) is 11.9 Å². The van der Waals surface area contributed by atoms with Crippen molar-refractivity contribution in [2.24, 2.45) is 0 Å². The van der Waals surface area contributed by atoms with Gasteiger partial charge in [0.1, 0.15) is 0 Å². The highest BCUT2D eigenvalue weighted by atomic mass is 35.5. The van der Waals surface area contributed by atoms with E-state index in [4.69, 9.17) is 16.6 Å². The maximum atomic E-state index is 13.2. The molecule has 0 saturated carbocycles. The number of pyridine rings is 1. The number of carbonyl (C=O) groups excluding carboxylic acids is 1. The molecule has 6 nitrogen and oxygen atoms in total. The Morgan fingerprint density at radius 1 is 1.25 bits per heavy atom. The highest BCUT2D eigenvalue weighted by Gasteiger charge is 2.32. The van der Waals surface area contributed by atoms with Gasteiger partial charge in [-0.05, 0) is 49.8 Å². The molecule has 4 rings (SSSR count). The van der Waals surface area contributed by atoms with E-state index in [1.165, 1.54) is 4.90 Å². The first-order valence-electron chi connectivity index (χ1n) is 9.89. The van der Waals surface area contributed by atoms with Crippen molar-refractivity contribution in [1.82, 2.24) is 14.8 Å². The van der Waals surface area contributed by atoms with E-state index in [9.17, 15) is 14.7 Å². The van der Waals surface area contributed by atoms with Gasteiger partial charge in [0.15, 0.2) is 0 Å². The average molecular weight is 402 g/mol. The van der Waals surface area contributed by atoms with Crippen LogP contribution in [0.5, 0.6) is 0 Å². The van der Waals surface area contributed by atoms with Crippen molar-refractivity contribution < 1.29 is 14.7 Å². The SMILES string of the molecule is CCC1CN(C(=O)O)CCN1C(=O)c1ccc2c(Cl)c3c(nc2c1)CCCC3. The summed E-state index contributed by atoms with van der Waals surface area (Å²) < 4.78 is 0. The van der Waals surface area contributed by atoms with E-state index in [2.05, 4.69) is 0 Å². The standard InChI is InChI=1S/C21H24ClN3O3/c1-2-14-12-24(21(27)28)9-10-25(14)20(26)13-7-8-16-18(11-13)23-17-6-4-3-5-15(17)19(16)22/h7-8,11,14H,2-6,9-10,12H2,1H3,(H,27,28). The number of aryl methyl sites for hydroxylation is 1. The number of fused-ring (bicyclic) bond motifs is 2. The van der Waals surface area contributed by atoms with Gasteiger partial charge in [0.25, 0.3) is 5.91 Å². The quantitative estimate of drug-likeness (QED) is 0.825. The summed E-state index contributed by atoms with van der Waals surface area (Å²) in [4.78, 5) is 32.4. The van der Waals surface area contributed by atoms with Gasteiger partial charge in [-0.2, -0.15) is 0 Å². The number of carboxylic acid groups (broad SMARTS) is 1. The van der Waals surface area contributed by atoms with Gasteiger partial charge in [0.2, 0.25) is 0 Å². The van der Waals surface area contributed by atoms with Crippen molar-refractivity contribution in [2.45, 2.75) is 45.1 Å². The third-order valence-corrected chi connectivity index (χ3v) is 6.36. The lowest BCUT2D eigenvalue weighted by molar-refractivity contribution is 0.0443. The number of piperazine rings is 1. The van der Waals surface area contributed by atoms with Gasteiger partial charge in [0.05, 0.1) is 10.5 Å². The van der Waals surface area contributed by atoms with Crippen LogP contribution in [0.15, 0.2) is 18.2 Å². The molecule has 2 aromatic rings. The number of hydrogen-bond acceptors (Lipinski definition) is 3. The molecule has 2 heterocycles. The maximum absolute atomic E-state index is 13.2. The molecule has 1 fully saturated rings. The van der Waals surface area contributed by atoms with Gasteiger partial charge >= 0.3 is 6.09 Å². The van der Waals surface area contributed by atoms with Crippen LogP contribution in [0.2, 0.25) is 5.02 Å². The van der Waals surface area contributed by atoms with Crippen molar-refractivity contribution in [3.8, 4) is 0 Å². The zero-order valence-electron chi connectivity index (χ0n) is 15.9. The van der Waals surface area contributed by atoms with Crippen LogP contribution in [-0.4, -0.2) is 57.6 Å². The minimum atomic E-state index is -0.931. The first kappa shape index (κ1) is 19.0. The number of carbonyl (C=O) groups is 2. The van der Waals surface area contributed by atoms with E-state index < -0.39 is 6.09 Å². The number of nitrogens with zero attached hydrogens (tertiary/aromatic N) is 3. The van der Waals surface area contributed by atoms with Crippen LogP contribution in [0, 0.1) is 0 Å². The monoisotopic (exact) mass is 401 g/mol. The summed E-state index contributed by atoms with van der Waals surface area (Å²) in [6.07, 6.45) is 3.92. The molecule has 1 unspecified atom stereocenters. The predicted molar refractivity (Wildman–Crippen MR) is 108 cm³/mol. The lowest BCUT2D eigenvalue weighted by Crippen LogP contribution is -2.56. The number of amides is 2. The van der Waals surface area contributed by atoms with Crippen LogP contribution in [0.25, 0.3) is 10.9 Å². The Morgan fingerprint density at radius 2 is 2.04 bits per heavy atom. The predicted octanol–water partition coefficient (Wildman–Crippen LogP) is 3.98. The van der Waals surface area contributed by atoms with Crippen molar-refractivity contribution in [3.63, 3.8) is 0 Å². The Kier molecular flexibility index (Phi) is 5.15. The van der Waals surface area contributed by atoms with Gasteiger partial charge in [-0.3, -0.25) is 9.78 Å². The molecular formula is C21H24ClN3O3. The lowest BCUT2D eigenvalue weighted by Gasteiger charge is -2.40. The van der Waals surface area contributed by atoms with E-state index >= 15 is 0 Å². The molecule has 1 atom stereocenters. The second-order valence-electron chi connectivity index (χ2n) is 7.58. The van der Waals surface area contributed by atoms with Crippen molar-refractivity contribution in [3.05, 3.63) is 40.0 Å². The molecule has 148 valence electrons. The highest BCUT2D eigenvalue weighted by molar-refractivity contribution is 6.36. The third kappa shape index (κ3) is 3.30. The number of hydrogen-bond donors (Lipinski definition) is 1. The van der Waals surface area contributed by atoms with Gasteiger partial charge in [-0.25, -0.2) is 4.79 Å². The van der Waals surface area contributed by atoms with Crippen LogP contribution in [0.3, 0.4) is 0 Å². The molecule has 7 heteroatoms. The van der Waals surface area contributed by atoms with Crippen molar-refractivity contribution >= 4 is 34.5 Å². The molecule has 1 saturated heterocycles. The number of benzene rings is 1. The number of halogens is 1. The highest BCUT2D eigenvalue weighted by Crippen LogP contribution is 2.33. The summed E-state index contributed by atoms with van der Waals surface area (Å²) in [6.45, 7) is 3.07. The topological polar surface area (TPSA) is 73.7 Å². The molecule has 1 N–H and O–H groups in total. The normalized spacial score (nSPS) is 19.6. The van der Waals surface area contributed by atoms with E-state index in [1.807, 2.05) is 25.1 Å². The third-order valence-electron chi connectivity index (χ3n) is 5.93. The Bertz CT molecular complexity index is 946. The van der Waals surface area contributed by atoms with Gasteiger partial charge < -0.3 is 14.9 Å². The second-order valence-corrected chi connectivity index (χ2v) is 7.96. The van der Waals surface area contributed by atoms with Gasteiger partial charge in [0, 0.05) is 42.3 Å². The van der Waals surface area contributed by atoms with Crippen molar-refractivity contribution in [1.29, 1.82) is 0 Å². The Labute approximate surface area is 169 Å². The fourth-order valence-corrected chi connectivity index (χ4v) is 4.67. The van der Waals surface area contributed by atoms with E-state index in [0.717, 1.165) is 52.9 Å². The largest absolute Gasteiger partial charge is 0.465 e. The molecule has 0 radical (unpaired) electrons. The van der Waals surface area contributed by atoms with E-state index in [1.54, 1.807) is 4.90 Å². The summed E-state index contributed by atoms with van der Waals surface area (Å²) >= 11 is 6.63. The molecule has 0 spiro atoms. The minimum absolute atomic E-state index is 0.0746. The van der Waals surface area contributed by atoms with Gasteiger partial charge in [-0.15, -0.1) is 0 Å². The van der Waals surface area contributed by atoms with Crippen LogP contribution in [0.4, 0.5) is 4.79 Å². The zero-order chi connectivity index (χ0) is 19.8. The summed E-state index contributed by atoms with van der Waals surface area (Å²) in [6, 6.07) is 5.41. The summed E-state index contributed by atoms with van der Waals surface area (Å²) in [5, 5.41) is 10.9. The Morgan fingerprint density at radius 3 is 2.79 bits per heavy atom. The Hall–Kier alpha value is -2.34. The fourth-order valence-electron chi connectivity index (χ4n) is 4.31. The van der Waals surface area contributed by atoms with E-state index in [0.29, 0.717) is 31.6 Å². The van der Waals surface area contributed by atoms with Crippen LogP contribution < -0.4 is 0 Å². The molecule has 28 heavy (non-hydrogen) atoms. The number of aromatic nitrogens is 1.